The lowest BCUT2D eigenvalue weighted by Crippen LogP contribution is -2.29. The number of benzene rings is 1. The molecule has 5 heteroatoms. The summed E-state index contributed by atoms with van der Waals surface area (Å²) >= 11 is 1.70. The maximum Gasteiger partial charge on any atom is 0.256 e. The van der Waals surface area contributed by atoms with E-state index in [4.69, 9.17) is 10.5 Å². The number of nitrogen functional groups attached to an aromatic ring is 1. The predicted molar refractivity (Wildman–Crippen MR) is 87.0 cm³/mol. The molecule has 0 aliphatic rings. The molecule has 0 aliphatic carbocycles. The van der Waals surface area contributed by atoms with E-state index in [0.29, 0.717) is 17.0 Å². The molecule has 0 saturated heterocycles. The van der Waals surface area contributed by atoms with Crippen molar-refractivity contribution in [2.75, 3.05) is 19.9 Å². The SMILES string of the molecule is COc1ccc(N)c(C(=O)N(C)C(C)c2ccc(C)s2)c1. The van der Waals surface area contributed by atoms with Crippen LogP contribution in [0.3, 0.4) is 0 Å². The van der Waals surface area contributed by atoms with E-state index >= 15 is 0 Å². The number of methoxy groups -OCH3 is 1. The number of hydrogen-bond acceptors (Lipinski definition) is 4. The summed E-state index contributed by atoms with van der Waals surface area (Å²) in [6.45, 7) is 4.07. The van der Waals surface area contributed by atoms with Gasteiger partial charge in [-0.3, -0.25) is 4.79 Å². The fourth-order valence-electron chi connectivity index (χ4n) is 2.08. The van der Waals surface area contributed by atoms with E-state index in [1.807, 2.05) is 6.92 Å². The number of nitrogens with two attached hydrogens (primary N) is 1. The smallest absolute Gasteiger partial charge is 0.256 e. The van der Waals surface area contributed by atoms with Crippen molar-refractivity contribution in [1.82, 2.24) is 4.90 Å². The largest absolute Gasteiger partial charge is 0.497 e. The van der Waals surface area contributed by atoms with Gasteiger partial charge >= 0.3 is 0 Å². The Bertz CT molecular complexity index is 651. The van der Waals surface area contributed by atoms with E-state index in [1.165, 1.54) is 4.88 Å². The fourth-order valence-corrected chi connectivity index (χ4v) is 3.05. The second-order valence-corrected chi connectivity index (χ2v) is 6.31. The van der Waals surface area contributed by atoms with Crippen LogP contribution in [0.4, 0.5) is 5.69 Å². The average molecular weight is 304 g/mol. The number of aryl methyl sites for hydroxylation is 1. The number of thiophene rings is 1. The summed E-state index contributed by atoms with van der Waals surface area (Å²) in [6, 6.07) is 9.25. The van der Waals surface area contributed by atoms with Gasteiger partial charge in [0, 0.05) is 22.5 Å². The fraction of sp³-hybridized carbons (Fsp3) is 0.312. The van der Waals surface area contributed by atoms with E-state index in [9.17, 15) is 4.79 Å². The van der Waals surface area contributed by atoms with Crippen LogP contribution in [0.5, 0.6) is 5.75 Å². The molecule has 1 amide bonds. The summed E-state index contributed by atoms with van der Waals surface area (Å²) in [5, 5.41) is 0. The van der Waals surface area contributed by atoms with Crippen LogP contribution in [0.1, 0.15) is 33.1 Å². The lowest BCUT2D eigenvalue weighted by atomic mass is 10.1. The van der Waals surface area contributed by atoms with Gasteiger partial charge in [-0.2, -0.15) is 0 Å². The van der Waals surface area contributed by atoms with Gasteiger partial charge in [-0.25, -0.2) is 0 Å². The summed E-state index contributed by atoms with van der Waals surface area (Å²) in [4.78, 5) is 16.7. The Kier molecular flexibility index (Phi) is 4.53. The van der Waals surface area contributed by atoms with Crippen molar-refractivity contribution in [1.29, 1.82) is 0 Å². The number of ether oxygens (including phenoxy) is 1. The molecule has 2 rings (SSSR count). The molecule has 2 aromatic rings. The van der Waals surface area contributed by atoms with Crippen LogP contribution >= 0.6 is 11.3 Å². The minimum atomic E-state index is -0.107. The topological polar surface area (TPSA) is 55.6 Å². The highest BCUT2D eigenvalue weighted by Crippen LogP contribution is 2.29. The zero-order chi connectivity index (χ0) is 15.6. The molecule has 0 spiro atoms. The van der Waals surface area contributed by atoms with E-state index < -0.39 is 0 Å². The molecule has 1 aromatic carbocycles. The van der Waals surface area contributed by atoms with Crippen molar-refractivity contribution in [3.63, 3.8) is 0 Å². The molecule has 1 heterocycles. The molecular weight excluding hydrogens is 284 g/mol. The van der Waals surface area contributed by atoms with Crippen molar-refractivity contribution in [2.45, 2.75) is 19.9 Å². The molecule has 0 saturated carbocycles. The zero-order valence-corrected chi connectivity index (χ0v) is 13.5. The minimum Gasteiger partial charge on any atom is -0.497 e. The molecule has 0 fully saturated rings. The van der Waals surface area contributed by atoms with E-state index in [2.05, 4.69) is 19.1 Å². The predicted octanol–water partition coefficient (Wildman–Crippen LogP) is 3.48. The molecule has 1 aromatic heterocycles. The molecule has 4 nitrogen and oxygen atoms in total. The first-order valence-electron chi connectivity index (χ1n) is 6.71. The van der Waals surface area contributed by atoms with Crippen LogP contribution in [0.25, 0.3) is 0 Å². The molecule has 112 valence electrons. The molecular formula is C16H20N2O2S. The molecule has 0 bridgehead atoms. The molecule has 0 aliphatic heterocycles. The summed E-state index contributed by atoms with van der Waals surface area (Å²) in [6.07, 6.45) is 0. The highest BCUT2D eigenvalue weighted by molar-refractivity contribution is 7.12. The Morgan fingerprint density at radius 2 is 2.05 bits per heavy atom. The highest BCUT2D eigenvalue weighted by atomic mass is 32.1. The molecule has 21 heavy (non-hydrogen) atoms. The summed E-state index contributed by atoms with van der Waals surface area (Å²) in [5.74, 6) is 0.519. The van der Waals surface area contributed by atoms with Crippen LogP contribution in [-0.4, -0.2) is 25.0 Å². The maximum absolute atomic E-state index is 12.7. The monoisotopic (exact) mass is 304 g/mol. The summed E-state index contributed by atoms with van der Waals surface area (Å²) < 4.78 is 5.16. The van der Waals surface area contributed by atoms with Gasteiger partial charge in [-0.05, 0) is 44.2 Å². The lowest BCUT2D eigenvalue weighted by Gasteiger charge is -2.25. The number of rotatable bonds is 4. The van der Waals surface area contributed by atoms with Gasteiger partial charge in [0.25, 0.3) is 5.91 Å². The van der Waals surface area contributed by atoms with Crippen LogP contribution < -0.4 is 10.5 Å². The Hall–Kier alpha value is -2.01. The minimum absolute atomic E-state index is 0.00167. The number of nitrogens with zero attached hydrogens (tertiary/aromatic N) is 1. The number of carbonyl (C=O) groups excluding carboxylic acids is 1. The highest BCUT2D eigenvalue weighted by Gasteiger charge is 2.22. The molecule has 1 unspecified atom stereocenters. The number of carbonyl (C=O) groups is 1. The molecule has 1 atom stereocenters. The first-order valence-corrected chi connectivity index (χ1v) is 7.52. The van der Waals surface area contributed by atoms with E-state index in [-0.39, 0.29) is 11.9 Å². The third-order valence-electron chi connectivity index (χ3n) is 3.57. The first kappa shape index (κ1) is 15.4. The third kappa shape index (κ3) is 3.19. The quantitative estimate of drug-likeness (QED) is 0.880. The van der Waals surface area contributed by atoms with E-state index in [0.717, 1.165) is 4.88 Å². The standard InChI is InChI=1S/C16H20N2O2S/c1-10-5-8-15(21-10)11(2)18(3)16(19)13-9-12(20-4)6-7-14(13)17/h5-9,11H,17H2,1-4H3. The number of amides is 1. The Labute approximate surface area is 129 Å². The lowest BCUT2D eigenvalue weighted by molar-refractivity contribution is 0.0745. The van der Waals surface area contributed by atoms with Gasteiger partial charge in [-0.15, -0.1) is 11.3 Å². The van der Waals surface area contributed by atoms with Crippen molar-refractivity contribution in [3.8, 4) is 5.75 Å². The number of hydrogen-bond donors (Lipinski definition) is 1. The normalized spacial score (nSPS) is 12.0. The van der Waals surface area contributed by atoms with E-state index in [1.54, 1.807) is 48.6 Å². The van der Waals surface area contributed by atoms with Gasteiger partial charge in [0.1, 0.15) is 5.75 Å². The van der Waals surface area contributed by atoms with Crippen LogP contribution in [0.15, 0.2) is 30.3 Å². The third-order valence-corrected chi connectivity index (χ3v) is 4.74. The van der Waals surface area contributed by atoms with Gasteiger partial charge in [0.2, 0.25) is 0 Å². The van der Waals surface area contributed by atoms with Gasteiger partial charge in [0.05, 0.1) is 18.7 Å². The van der Waals surface area contributed by atoms with Gasteiger partial charge in [0.15, 0.2) is 0 Å². The van der Waals surface area contributed by atoms with Crippen LogP contribution in [0, 0.1) is 6.92 Å². The average Bonchev–Trinajstić information content (AvgIpc) is 2.92. The number of anilines is 1. The van der Waals surface area contributed by atoms with Crippen molar-refractivity contribution in [3.05, 3.63) is 45.6 Å². The van der Waals surface area contributed by atoms with Gasteiger partial charge < -0.3 is 15.4 Å². The van der Waals surface area contributed by atoms with Crippen molar-refractivity contribution >= 4 is 22.9 Å². The Morgan fingerprint density at radius 3 is 2.62 bits per heavy atom. The van der Waals surface area contributed by atoms with Crippen LogP contribution in [0.2, 0.25) is 0 Å². The second kappa shape index (κ2) is 6.18. The van der Waals surface area contributed by atoms with Gasteiger partial charge in [-0.1, -0.05) is 0 Å². The summed E-state index contributed by atoms with van der Waals surface area (Å²) in [7, 11) is 3.36. The molecule has 2 N–H and O–H groups in total. The van der Waals surface area contributed by atoms with Crippen molar-refractivity contribution < 1.29 is 9.53 Å². The molecule has 0 radical (unpaired) electrons. The first-order chi connectivity index (χ1) is 9.93. The van der Waals surface area contributed by atoms with Crippen LogP contribution in [-0.2, 0) is 0 Å². The Morgan fingerprint density at radius 1 is 1.33 bits per heavy atom. The maximum atomic E-state index is 12.7. The Balaban J connectivity index is 2.26. The zero-order valence-electron chi connectivity index (χ0n) is 12.7. The second-order valence-electron chi connectivity index (χ2n) is 4.99. The van der Waals surface area contributed by atoms with Crippen molar-refractivity contribution in [2.24, 2.45) is 0 Å². The summed E-state index contributed by atoms with van der Waals surface area (Å²) in [5.41, 5.74) is 6.86.